The molecular formula is C27H25ClN2O2S. The topological polar surface area (TPSA) is 40.6 Å². The molecule has 0 saturated carbocycles. The van der Waals surface area contributed by atoms with Crippen LogP contribution in [0.3, 0.4) is 0 Å². The molecule has 0 radical (unpaired) electrons. The molecule has 4 rings (SSSR count). The van der Waals surface area contributed by atoms with Crippen molar-refractivity contribution < 1.29 is 9.59 Å². The molecular weight excluding hydrogens is 452 g/mol. The van der Waals surface area contributed by atoms with E-state index in [9.17, 15) is 9.59 Å². The molecule has 0 spiro atoms. The van der Waals surface area contributed by atoms with E-state index in [-0.39, 0.29) is 11.8 Å². The standard InChI is InChI=1S/C27H25ClN2O2S/c1-3-4-8-19-11-15-22(16-12-19)30-26(31)24(29(2)21-9-6-5-7-10-21)25(27(30)32)33-23-17-13-20(28)14-18-23/h5-7,9-18H,3-4,8H2,1-2H3. The molecule has 0 aliphatic carbocycles. The molecule has 4 nitrogen and oxygen atoms in total. The largest absolute Gasteiger partial charge is 0.339 e. The Morgan fingerprint density at radius 3 is 2.18 bits per heavy atom. The average molecular weight is 477 g/mol. The van der Waals surface area contributed by atoms with Crippen LogP contribution in [0.25, 0.3) is 0 Å². The summed E-state index contributed by atoms with van der Waals surface area (Å²) in [7, 11) is 1.82. The fraction of sp³-hybridized carbons (Fsp3) is 0.185. The van der Waals surface area contributed by atoms with E-state index in [1.54, 1.807) is 17.0 Å². The van der Waals surface area contributed by atoms with E-state index < -0.39 is 0 Å². The van der Waals surface area contributed by atoms with Crippen LogP contribution in [0.4, 0.5) is 11.4 Å². The lowest BCUT2D eigenvalue weighted by atomic mass is 10.1. The Morgan fingerprint density at radius 2 is 1.55 bits per heavy atom. The van der Waals surface area contributed by atoms with Gasteiger partial charge in [-0.15, -0.1) is 0 Å². The molecule has 0 bridgehead atoms. The van der Waals surface area contributed by atoms with Crippen molar-refractivity contribution in [2.45, 2.75) is 31.1 Å². The van der Waals surface area contributed by atoms with Crippen LogP contribution in [0.2, 0.25) is 5.02 Å². The van der Waals surface area contributed by atoms with Gasteiger partial charge < -0.3 is 4.90 Å². The Bertz CT molecular complexity index is 1180. The number of rotatable bonds is 8. The number of likely N-dealkylation sites (N-methyl/N-ethyl adjacent to an activating group) is 1. The predicted molar refractivity (Wildman–Crippen MR) is 137 cm³/mol. The van der Waals surface area contributed by atoms with E-state index in [1.807, 2.05) is 73.8 Å². The normalized spacial score (nSPS) is 13.7. The van der Waals surface area contributed by atoms with Gasteiger partial charge in [-0.3, -0.25) is 9.59 Å². The van der Waals surface area contributed by atoms with E-state index in [0.717, 1.165) is 29.8 Å². The van der Waals surface area contributed by atoms with Crippen LogP contribution in [0, 0.1) is 0 Å². The third-order valence-corrected chi connectivity index (χ3v) is 6.88. The molecule has 2 amide bonds. The van der Waals surface area contributed by atoms with E-state index in [0.29, 0.717) is 21.3 Å². The van der Waals surface area contributed by atoms with Gasteiger partial charge in [-0.25, -0.2) is 4.90 Å². The molecule has 0 saturated heterocycles. The SMILES string of the molecule is CCCCc1ccc(N2C(=O)C(Sc3ccc(Cl)cc3)=C(N(C)c3ccccc3)C2=O)cc1. The zero-order valence-electron chi connectivity index (χ0n) is 18.6. The average Bonchev–Trinajstić information content (AvgIpc) is 3.08. The number of hydrogen-bond acceptors (Lipinski definition) is 4. The number of carbonyl (C=O) groups excluding carboxylic acids is 2. The van der Waals surface area contributed by atoms with Crippen LogP contribution in [0.1, 0.15) is 25.3 Å². The van der Waals surface area contributed by atoms with Gasteiger partial charge in [-0.05, 0) is 66.9 Å². The van der Waals surface area contributed by atoms with Gasteiger partial charge >= 0.3 is 0 Å². The number of unbranched alkanes of at least 4 members (excludes halogenated alkanes) is 1. The summed E-state index contributed by atoms with van der Waals surface area (Å²) in [5.41, 5.74) is 2.97. The van der Waals surface area contributed by atoms with Crippen molar-refractivity contribution in [1.29, 1.82) is 0 Å². The Labute approximate surface area is 203 Å². The molecule has 3 aromatic carbocycles. The highest BCUT2D eigenvalue weighted by atomic mass is 35.5. The number of anilines is 2. The lowest BCUT2D eigenvalue weighted by Gasteiger charge is -2.21. The minimum atomic E-state index is -0.330. The molecule has 6 heteroatoms. The van der Waals surface area contributed by atoms with Gasteiger partial charge in [0, 0.05) is 22.7 Å². The summed E-state index contributed by atoms with van der Waals surface area (Å²) in [6.07, 6.45) is 3.21. The van der Waals surface area contributed by atoms with Crippen LogP contribution >= 0.6 is 23.4 Å². The van der Waals surface area contributed by atoms with Crippen molar-refractivity contribution in [3.8, 4) is 0 Å². The van der Waals surface area contributed by atoms with Gasteiger partial charge in [-0.2, -0.15) is 0 Å². The second kappa shape index (κ2) is 10.3. The highest BCUT2D eigenvalue weighted by Gasteiger charge is 2.42. The van der Waals surface area contributed by atoms with Gasteiger partial charge in [0.15, 0.2) is 0 Å². The first-order chi connectivity index (χ1) is 16.0. The Morgan fingerprint density at radius 1 is 0.879 bits per heavy atom. The van der Waals surface area contributed by atoms with Gasteiger partial charge in [0.05, 0.1) is 5.69 Å². The lowest BCUT2D eigenvalue weighted by Crippen LogP contribution is -2.34. The van der Waals surface area contributed by atoms with Gasteiger partial charge in [0.1, 0.15) is 10.6 Å². The Hall–Kier alpha value is -3.02. The summed E-state index contributed by atoms with van der Waals surface area (Å²) >= 11 is 7.31. The minimum absolute atomic E-state index is 0.320. The van der Waals surface area contributed by atoms with Gasteiger partial charge in [-0.1, -0.05) is 67.0 Å². The third kappa shape index (κ3) is 5.00. The number of amides is 2. The number of thioether (sulfide) groups is 1. The summed E-state index contributed by atoms with van der Waals surface area (Å²) in [6.45, 7) is 2.16. The molecule has 1 heterocycles. The number of nitrogens with zero attached hydrogens (tertiary/aromatic N) is 2. The second-order valence-corrected chi connectivity index (χ2v) is 9.36. The maximum atomic E-state index is 13.6. The summed E-state index contributed by atoms with van der Waals surface area (Å²) in [5.74, 6) is -0.650. The van der Waals surface area contributed by atoms with Crippen LogP contribution in [0.5, 0.6) is 0 Å². The van der Waals surface area contributed by atoms with E-state index in [2.05, 4.69) is 6.92 Å². The van der Waals surface area contributed by atoms with Gasteiger partial charge in [0.2, 0.25) is 0 Å². The number of benzene rings is 3. The molecule has 3 aromatic rings. The monoisotopic (exact) mass is 476 g/mol. The summed E-state index contributed by atoms with van der Waals surface area (Å²) in [4.78, 5) is 31.5. The first-order valence-corrected chi connectivity index (χ1v) is 12.1. The molecule has 0 atom stereocenters. The summed E-state index contributed by atoms with van der Waals surface area (Å²) < 4.78 is 0. The quantitative estimate of drug-likeness (QED) is 0.339. The molecule has 0 unspecified atom stereocenters. The number of carbonyl (C=O) groups is 2. The van der Waals surface area contributed by atoms with Crippen molar-refractivity contribution >= 4 is 46.6 Å². The highest BCUT2D eigenvalue weighted by molar-refractivity contribution is 8.04. The zero-order valence-corrected chi connectivity index (χ0v) is 20.2. The Balaban J connectivity index is 1.71. The first-order valence-electron chi connectivity index (χ1n) is 10.9. The molecule has 0 N–H and O–H groups in total. The van der Waals surface area contributed by atoms with E-state index in [1.165, 1.54) is 22.2 Å². The summed E-state index contributed by atoms with van der Waals surface area (Å²) in [6, 6.07) is 24.5. The molecule has 1 aliphatic heterocycles. The van der Waals surface area contributed by atoms with Crippen LogP contribution in [0.15, 0.2) is 94.4 Å². The second-order valence-electron chi connectivity index (χ2n) is 7.84. The Kier molecular flexibility index (Phi) is 7.21. The number of imide groups is 1. The fourth-order valence-electron chi connectivity index (χ4n) is 3.71. The maximum absolute atomic E-state index is 13.6. The fourth-order valence-corrected chi connectivity index (χ4v) is 4.85. The van der Waals surface area contributed by atoms with Crippen LogP contribution in [-0.2, 0) is 16.0 Å². The first kappa shape index (κ1) is 23.1. The number of hydrogen-bond donors (Lipinski definition) is 0. The molecule has 0 aromatic heterocycles. The van der Waals surface area contributed by atoms with Crippen molar-refractivity contribution in [3.05, 3.63) is 100 Å². The number of para-hydroxylation sites is 1. The van der Waals surface area contributed by atoms with Crippen molar-refractivity contribution in [3.63, 3.8) is 0 Å². The van der Waals surface area contributed by atoms with Crippen molar-refractivity contribution in [2.24, 2.45) is 0 Å². The van der Waals surface area contributed by atoms with Crippen LogP contribution in [-0.4, -0.2) is 18.9 Å². The smallest absolute Gasteiger partial charge is 0.283 e. The third-order valence-electron chi connectivity index (χ3n) is 5.54. The molecule has 1 aliphatic rings. The minimum Gasteiger partial charge on any atom is -0.339 e. The van der Waals surface area contributed by atoms with E-state index in [4.69, 9.17) is 11.6 Å². The zero-order chi connectivity index (χ0) is 23.4. The van der Waals surface area contributed by atoms with Crippen molar-refractivity contribution in [1.82, 2.24) is 0 Å². The molecule has 0 fully saturated rings. The number of halogens is 1. The van der Waals surface area contributed by atoms with Crippen LogP contribution < -0.4 is 9.80 Å². The highest BCUT2D eigenvalue weighted by Crippen LogP contribution is 2.39. The molecule has 33 heavy (non-hydrogen) atoms. The molecule has 168 valence electrons. The predicted octanol–water partition coefficient (Wildman–Crippen LogP) is 6.70. The van der Waals surface area contributed by atoms with E-state index >= 15 is 0 Å². The number of aryl methyl sites for hydroxylation is 1. The summed E-state index contributed by atoms with van der Waals surface area (Å²) in [5, 5.41) is 0.619. The van der Waals surface area contributed by atoms with Crippen molar-refractivity contribution in [2.75, 3.05) is 16.8 Å². The van der Waals surface area contributed by atoms with Gasteiger partial charge in [0.25, 0.3) is 11.8 Å². The lowest BCUT2D eigenvalue weighted by molar-refractivity contribution is -0.120. The maximum Gasteiger partial charge on any atom is 0.283 e.